The first-order valence-electron chi connectivity index (χ1n) is 5.78. The lowest BCUT2D eigenvalue weighted by Gasteiger charge is -2.16. The molecule has 1 aromatic rings. The molecule has 1 aliphatic heterocycles. The highest BCUT2D eigenvalue weighted by molar-refractivity contribution is 5.80. The Morgan fingerprint density at radius 2 is 2.44 bits per heavy atom. The van der Waals surface area contributed by atoms with Crippen molar-refractivity contribution >= 4 is 5.96 Å². The van der Waals surface area contributed by atoms with Gasteiger partial charge in [-0.1, -0.05) is 0 Å². The molecule has 0 spiro atoms. The molecular weight excluding hydrogens is 200 g/mol. The van der Waals surface area contributed by atoms with Gasteiger partial charge in [-0.15, -0.1) is 0 Å². The quantitative estimate of drug-likeness (QED) is 0.791. The van der Waals surface area contributed by atoms with Gasteiger partial charge in [0, 0.05) is 32.0 Å². The summed E-state index contributed by atoms with van der Waals surface area (Å²) in [5, 5.41) is 6.56. The minimum Gasteiger partial charge on any atom is -0.356 e. The van der Waals surface area contributed by atoms with Gasteiger partial charge in [0.15, 0.2) is 5.96 Å². The largest absolute Gasteiger partial charge is 0.356 e. The van der Waals surface area contributed by atoms with Gasteiger partial charge in [0.2, 0.25) is 0 Å². The second kappa shape index (κ2) is 5.49. The van der Waals surface area contributed by atoms with Crippen LogP contribution in [0, 0.1) is 6.92 Å². The summed E-state index contributed by atoms with van der Waals surface area (Å²) in [7, 11) is 0. The van der Waals surface area contributed by atoms with E-state index in [9.17, 15) is 0 Å². The molecule has 0 aromatic carbocycles. The van der Waals surface area contributed by atoms with E-state index in [1.807, 2.05) is 12.4 Å². The van der Waals surface area contributed by atoms with E-state index in [-0.39, 0.29) is 0 Å². The SMILES string of the molecule is Cc1cnccc1CCNC1=NCCCN1. The number of aryl methyl sites for hydroxylation is 1. The van der Waals surface area contributed by atoms with Crippen LogP contribution in [0.4, 0.5) is 0 Å². The molecule has 2 N–H and O–H groups in total. The zero-order chi connectivity index (χ0) is 11.2. The molecule has 0 amide bonds. The third kappa shape index (κ3) is 2.95. The van der Waals surface area contributed by atoms with Crippen molar-refractivity contribution in [3.8, 4) is 0 Å². The maximum atomic E-state index is 4.37. The van der Waals surface area contributed by atoms with Crippen LogP contribution in [0.25, 0.3) is 0 Å². The van der Waals surface area contributed by atoms with E-state index in [0.29, 0.717) is 0 Å². The molecule has 16 heavy (non-hydrogen) atoms. The van der Waals surface area contributed by atoms with E-state index in [1.54, 1.807) is 0 Å². The first-order valence-corrected chi connectivity index (χ1v) is 5.78. The number of nitrogens with one attached hydrogen (secondary N) is 2. The number of rotatable bonds is 3. The smallest absolute Gasteiger partial charge is 0.191 e. The van der Waals surface area contributed by atoms with Crippen LogP contribution >= 0.6 is 0 Å². The van der Waals surface area contributed by atoms with Crippen LogP contribution in [0.3, 0.4) is 0 Å². The molecule has 0 unspecified atom stereocenters. The number of aliphatic imine (C=N–C) groups is 1. The molecule has 1 aromatic heterocycles. The van der Waals surface area contributed by atoms with E-state index in [0.717, 1.165) is 38.4 Å². The van der Waals surface area contributed by atoms with Gasteiger partial charge >= 0.3 is 0 Å². The standard InChI is InChI=1S/C12H18N4/c1-10-9-13-7-3-11(10)4-8-16-12-14-5-2-6-15-12/h3,7,9H,2,4-6,8H2,1H3,(H2,14,15,16). The topological polar surface area (TPSA) is 49.3 Å². The van der Waals surface area contributed by atoms with Crippen LogP contribution < -0.4 is 10.6 Å². The summed E-state index contributed by atoms with van der Waals surface area (Å²) in [6.45, 7) is 4.97. The molecule has 0 saturated carbocycles. The fraction of sp³-hybridized carbons (Fsp3) is 0.500. The van der Waals surface area contributed by atoms with E-state index < -0.39 is 0 Å². The van der Waals surface area contributed by atoms with Crippen molar-refractivity contribution in [1.82, 2.24) is 15.6 Å². The second-order valence-corrected chi connectivity index (χ2v) is 3.99. The van der Waals surface area contributed by atoms with Crippen molar-refractivity contribution in [2.24, 2.45) is 4.99 Å². The Labute approximate surface area is 96.2 Å². The van der Waals surface area contributed by atoms with Crippen LogP contribution in [0.2, 0.25) is 0 Å². The number of guanidine groups is 1. The highest BCUT2D eigenvalue weighted by Crippen LogP contribution is 2.04. The average Bonchev–Trinajstić information content (AvgIpc) is 2.33. The predicted octanol–water partition coefficient (Wildman–Crippen LogP) is 0.871. The van der Waals surface area contributed by atoms with Crippen molar-refractivity contribution in [2.45, 2.75) is 19.8 Å². The fourth-order valence-corrected chi connectivity index (χ4v) is 1.75. The Balaban J connectivity index is 1.80. The summed E-state index contributed by atoms with van der Waals surface area (Å²) in [5.74, 6) is 0.943. The van der Waals surface area contributed by atoms with Gasteiger partial charge in [0.1, 0.15) is 0 Å². The summed E-state index contributed by atoms with van der Waals surface area (Å²) in [5.41, 5.74) is 2.60. The van der Waals surface area contributed by atoms with Gasteiger partial charge in [0.05, 0.1) is 0 Å². The number of nitrogens with zero attached hydrogens (tertiary/aromatic N) is 2. The highest BCUT2D eigenvalue weighted by Gasteiger charge is 2.03. The van der Waals surface area contributed by atoms with E-state index >= 15 is 0 Å². The summed E-state index contributed by atoms with van der Waals surface area (Å²) in [4.78, 5) is 8.45. The zero-order valence-electron chi connectivity index (χ0n) is 9.66. The van der Waals surface area contributed by atoms with E-state index in [2.05, 4.69) is 33.6 Å². The number of aromatic nitrogens is 1. The summed E-state index contributed by atoms with van der Waals surface area (Å²) < 4.78 is 0. The predicted molar refractivity (Wildman–Crippen MR) is 65.6 cm³/mol. The van der Waals surface area contributed by atoms with Crippen LogP contribution in [0.15, 0.2) is 23.5 Å². The van der Waals surface area contributed by atoms with Gasteiger partial charge in [-0.3, -0.25) is 9.98 Å². The summed E-state index contributed by atoms with van der Waals surface area (Å²) in [6.07, 6.45) is 5.90. The Kier molecular flexibility index (Phi) is 3.75. The highest BCUT2D eigenvalue weighted by atomic mass is 15.2. The van der Waals surface area contributed by atoms with Crippen LogP contribution in [-0.2, 0) is 6.42 Å². The van der Waals surface area contributed by atoms with Crippen LogP contribution in [0.5, 0.6) is 0 Å². The van der Waals surface area contributed by atoms with Gasteiger partial charge in [-0.05, 0) is 37.0 Å². The molecule has 0 bridgehead atoms. The minimum absolute atomic E-state index is 0.913. The monoisotopic (exact) mass is 218 g/mol. The third-order valence-electron chi connectivity index (χ3n) is 2.72. The molecule has 1 aliphatic rings. The van der Waals surface area contributed by atoms with Gasteiger partial charge in [0.25, 0.3) is 0 Å². The lowest BCUT2D eigenvalue weighted by atomic mass is 10.1. The lowest BCUT2D eigenvalue weighted by Crippen LogP contribution is -2.41. The summed E-state index contributed by atoms with van der Waals surface area (Å²) in [6, 6.07) is 2.08. The van der Waals surface area contributed by atoms with Crippen molar-refractivity contribution < 1.29 is 0 Å². The van der Waals surface area contributed by atoms with Gasteiger partial charge < -0.3 is 10.6 Å². The molecular formula is C12H18N4. The fourth-order valence-electron chi connectivity index (χ4n) is 1.75. The maximum Gasteiger partial charge on any atom is 0.191 e. The molecule has 86 valence electrons. The maximum absolute atomic E-state index is 4.37. The van der Waals surface area contributed by atoms with E-state index in [4.69, 9.17) is 0 Å². The average molecular weight is 218 g/mol. The Morgan fingerprint density at radius 1 is 1.50 bits per heavy atom. The van der Waals surface area contributed by atoms with E-state index in [1.165, 1.54) is 11.1 Å². The number of pyridine rings is 1. The molecule has 4 nitrogen and oxygen atoms in total. The molecule has 4 heteroatoms. The third-order valence-corrected chi connectivity index (χ3v) is 2.72. The van der Waals surface area contributed by atoms with Gasteiger partial charge in [-0.25, -0.2) is 0 Å². The molecule has 0 saturated heterocycles. The van der Waals surface area contributed by atoms with Crippen LogP contribution in [-0.4, -0.2) is 30.6 Å². The Bertz CT molecular complexity index is 373. The molecule has 0 fully saturated rings. The number of hydrogen-bond acceptors (Lipinski definition) is 4. The number of hydrogen-bond donors (Lipinski definition) is 2. The summed E-state index contributed by atoms with van der Waals surface area (Å²) >= 11 is 0. The molecule has 0 atom stereocenters. The first-order chi connectivity index (χ1) is 7.86. The zero-order valence-corrected chi connectivity index (χ0v) is 9.66. The normalized spacial score (nSPS) is 15.2. The van der Waals surface area contributed by atoms with Crippen molar-refractivity contribution in [1.29, 1.82) is 0 Å². The minimum atomic E-state index is 0.913. The molecule has 2 rings (SSSR count). The molecule has 0 radical (unpaired) electrons. The van der Waals surface area contributed by atoms with Crippen LogP contribution in [0.1, 0.15) is 17.5 Å². The van der Waals surface area contributed by atoms with Crippen molar-refractivity contribution in [3.05, 3.63) is 29.6 Å². The van der Waals surface area contributed by atoms with Crippen molar-refractivity contribution in [2.75, 3.05) is 19.6 Å². The van der Waals surface area contributed by atoms with Crippen molar-refractivity contribution in [3.63, 3.8) is 0 Å². The Morgan fingerprint density at radius 3 is 3.19 bits per heavy atom. The molecule has 0 aliphatic carbocycles. The molecule has 2 heterocycles. The van der Waals surface area contributed by atoms with Gasteiger partial charge in [-0.2, -0.15) is 0 Å². The second-order valence-electron chi connectivity index (χ2n) is 3.99. The Hall–Kier alpha value is -1.58. The first kappa shape index (κ1) is 10.9. The lowest BCUT2D eigenvalue weighted by molar-refractivity contribution is 0.699.